The van der Waals surface area contributed by atoms with Gasteiger partial charge in [0.2, 0.25) is 0 Å². The molecule has 0 aromatic heterocycles. The zero-order valence-electron chi connectivity index (χ0n) is 11.0. The van der Waals surface area contributed by atoms with Crippen LogP contribution in [0.3, 0.4) is 0 Å². The number of nitrogen functional groups attached to an aromatic ring is 1. The highest BCUT2D eigenvalue weighted by molar-refractivity contribution is 5.58. The molecule has 0 amide bonds. The van der Waals surface area contributed by atoms with Crippen molar-refractivity contribution in [1.82, 2.24) is 0 Å². The van der Waals surface area contributed by atoms with Gasteiger partial charge >= 0.3 is 0 Å². The Balaban J connectivity index is 2.86. The molecule has 16 heavy (non-hydrogen) atoms. The quantitative estimate of drug-likeness (QED) is 0.770. The Morgan fingerprint density at radius 3 is 2.44 bits per heavy atom. The van der Waals surface area contributed by atoms with Gasteiger partial charge in [-0.05, 0) is 43.5 Å². The van der Waals surface area contributed by atoms with Crippen molar-refractivity contribution in [2.45, 2.75) is 34.1 Å². The fraction of sp³-hybridized carbons (Fsp3) is 0.571. The number of anilines is 2. The number of rotatable bonds is 5. The van der Waals surface area contributed by atoms with E-state index < -0.39 is 0 Å². The molecule has 0 spiro atoms. The molecule has 0 radical (unpaired) electrons. The van der Waals surface area contributed by atoms with Gasteiger partial charge in [-0.1, -0.05) is 20.3 Å². The van der Waals surface area contributed by atoms with E-state index in [4.69, 9.17) is 5.73 Å². The molecule has 0 saturated carbocycles. The first-order valence-electron chi connectivity index (χ1n) is 6.18. The van der Waals surface area contributed by atoms with Crippen molar-refractivity contribution in [2.75, 3.05) is 23.7 Å². The number of nitrogens with zero attached hydrogens (tertiary/aromatic N) is 1. The molecule has 0 aliphatic heterocycles. The molecular weight excluding hydrogens is 196 g/mol. The van der Waals surface area contributed by atoms with Crippen molar-refractivity contribution in [2.24, 2.45) is 5.92 Å². The van der Waals surface area contributed by atoms with Crippen LogP contribution in [0.1, 0.15) is 32.8 Å². The van der Waals surface area contributed by atoms with E-state index in [1.807, 2.05) is 6.07 Å². The largest absolute Gasteiger partial charge is 0.399 e. The lowest BCUT2D eigenvalue weighted by Crippen LogP contribution is -2.28. The van der Waals surface area contributed by atoms with Gasteiger partial charge in [-0.2, -0.15) is 0 Å². The first-order valence-corrected chi connectivity index (χ1v) is 6.18. The summed E-state index contributed by atoms with van der Waals surface area (Å²) >= 11 is 0. The minimum Gasteiger partial charge on any atom is -0.399 e. The van der Waals surface area contributed by atoms with Crippen LogP contribution in [0.15, 0.2) is 18.2 Å². The normalized spacial score (nSPS) is 12.5. The second-order valence-electron chi connectivity index (χ2n) is 4.65. The van der Waals surface area contributed by atoms with Gasteiger partial charge in [0, 0.05) is 24.5 Å². The highest BCUT2D eigenvalue weighted by Gasteiger charge is 2.09. The zero-order chi connectivity index (χ0) is 12.1. The number of hydrogen-bond donors (Lipinski definition) is 1. The SMILES string of the molecule is CCC(C)CN(CC)c1cc(C)cc(N)c1. The third kappa shape index (κ3) is 3.44. The van der Waals surface area contributed by atoms with Gasteiger partial charge in [0.1, 0.15) is 0 Å². The average molecular weight is 220 g/mol. The van der Waals surface area contributed by atoms with Crippen LogP contribution in [-0.2, 0) is 0 Å². The predicted molar refractivity (Wildman–Crippen MR) is 72.9 cm³/mol. The van der Waals surface area contributed by atoms with Crippen LogP contribution in [-0.4, -0.2) is 13.1 Å². The van der Waals surface area contributed by atoms with Gasteiger partial charge in [-0.15, -0.1) is 0 Å². The van der Waals surface area contributed by atoms with Gasteiger partial charge in [0.05, 0.1) is 0 Å². The van der Waals surface area contributed by atoms with E-state index in [2.05, 4.69) is 44.7 Å². The summed E-state index contributed by atoms with van der Waals surface area (Å²) in [5.41, 5.74) is 9.23. The van der Waals surface area contributed by atoms with E-state index >= 15 is 0 Å². The number of nitrogens with two attached hydrogens (primary N) is 1. The van der Waals surface area contributed by atoms with Crippen LogP contribution < -0.4 is 10.6 Å². The van der Waals surface area contributed by atoms with Crippen LogP contribution in [0.25, 0.3) is 0 Å². The molecule has 90 valence electrons. The maximum atomic E-state index is 5.89. The number of hydrogen-bond acceptors (Lipinski definition) is 2. The lowest BCUT2D eigenvalue weighted by atomic mass is 10.1. The van der Waals surface area contributed by atoms with E-state index in [0.29, 0.717) is 0 Å². The molecule has 1 atom stereocenters. The fourth-order valence-electron chi connectivity index (χ4n) is 1.90. The second kappa shape index (κ2) is 5.78. The summed E-state index contributed by atoms with van der Waals surface area (Å²) in [4.78, 5) is 2.40. The highest BCUT2D eigenvalue weighted by Crippen LogP contribution is 2.21. The Labute approximate surface area is 99.5 Å². The molecule has 1 aromatic rings. The summed E-state index contributed by atoms with van der Waals surface area (Å²) in [6.07, 6.45) is 1.22. The van der Waals surface area contributed by atoms with Crippen LogP contribution in [0.4, 0.5) is 11.4 Å². The van der Waals surface area contributed by atoms with Gasteiger partial charge in [0.15, 0.2) is 0 Å². The molecule has 0 saturated heterocycles. The minimum absolute atomic E-state index is 0.724. The third-order valence-corrected chi connectivity index (χ3v) is 3.06. The molecular formula is C14H24N2. The molecule has 2 nitrogen and oxygen atoms in total. The monoisotopic (exact) mass is 220 g/mol. The molecule has 1 rings (SSSR count). The molecule has 2 heteroatoms. The van der Waals surface area contributed by atoms with Gasteiger partial charge in [0.25, 0.3) is 0 Å². The molecule has 1 aromatic carbocycles. The average Bonchev–Trinajstić information content (AvgIpc) is 2.24. The predicted octanol–water partition coefficient (Wildman–Crippen LogP) is 3.45. The van der Waals surface area contributed by atoms with Crippen LogP contribution >= 0.6 is 0 Å². The number of aryl methyl sites for hydroxylation is 1. The Kier molecular flexibility index (Phi) is 4.66. The summed E-state index contributed by atoms with van der Waals surface area (Å²) in [5.74, 6) is 0.724. The van der Waals surface area contributed by atoms with Crippen LogP contribution in [0, 0.1) is 12.8 Å². The summed E-state index contributed by atoms with van der Waals surface area (Å²) in [5, 5.41) is 0. The molecule has 1 unspecified atom stereocenters. The maximum Gasteiger partial charge on any atom is 0.0389 e. The lowest BCUT2D eigenvalue weighted by molar-refractivity contribution is 0.548. The van der Waals surface area contributed by atoms with Gasteiger partial charge < -0.3 is 10.6 Å². The third-order valence-electron chi connectivity index (χ3n) is 3.06. The van der Waals surface area contributed by atoms with Crippen molar-refractivity contribution >= 4 is 11.4 Å². The summed E-state index contributed by atoms with van der Waals surface area (Å²) in [6, 6.07) is 6.29. The Morgan fingerprint density at radius 1 is 1.25 bits per heavy atom. The molecule has 0 aliphatic rings. The van der Waals surface area contributed by atoms with E-state index in [1.165, 1.54) is 17.7 Å². The van der Waals surface area contributed by atoms with Crippen LogP contribution in [0.2, 0.25) is 0 Å². The molecule has 0 bridgehead atoms. The summed E-state index contributed by atoms with van der Waals surface area (Å²) < 4.78 is 0. The maximum absolute atomic E-state index is 5.89. The van der Waals surface area contributed by atoms with Gasteiger partial charge in [-0.25, -0.2) is 0 Å². The van der Waals surface area contributed by atoms with Gasteiger partial charge in [-0.3, -0.25) is 0 Å². The molecule has 0 fully saturated rings. The first kappa shape index (κ1) is 12.9. The van der Waals surface area contributed by atoms with E-state index in [-0.39, 0.29) is 0 Å². The fourth-order valence-corrected chi connectivity index (χ4v) is 1.90. The zero-order valence-corrected chi connectivity index (χ0v) is 11.0. The lowest BCUT2D eigenvalue weighted by Gasteiger charge is -2.26. The van der Waals surface area contributed by atoms with Crippen molar-refractivity contribution in [3.8, 4) is 0 Å². The van der Waals surface area contributed by atoms with Crippen molar-refractivity contribution in [3.05, 3.63) is 23.8 Å². The van der Waals surface area contributed by atoms with Crippen molar-refractivity contribution in [1.29, 1.82) is 0 Å². The Morgan fingerprint density at radius 2 is 1.94 bits per heavy atom. The Hall–Kier alpha value is -1.18. The van der Waals surface area contributed by atoms with Crippen molar-refractivity contribution < 1.29 is 0 Å². The minimum atomic E-state index is 0.724. The number of benzene rings is 1. The topological polar surface area (TPSA) is 29.3 Å². The summed E-state index contributed by atoms with van der Waals surface area (Å²) in [6.45, 7) is 11.0. The molecule has 2 N–H and O–H groups in total. The highest BCUT2D eigenvalue weighted by atomic mass is 15.1. The van der Waals surface area contributed by atoms with E-state index in [9.17, 15) is 0 Å². The van der Waals surface area contributed by atoms with E-state index in [0.717, 1.165) is 24.7 Å². The standard InChI is InChI=1S/C14H24N2/c1-5-11(3)10-16(6-2)14-8-12(4)7-13(15)9-14/h7-9,11H,5-6,10,15H2,1-4H3. The van der Waals surface area contributed by atoms with Crippen molar-refractivity contribution in [3.63, 3.8) is 0 Å². The van der Waals surface area contributed by atoms with E-state index in [1.54, 1.807) is 0 Å². The van der Waals surface area contributed by atoms with Crippen LogP contribution in [0.5, 0.6) is 0 Å². The first-order chi connectivity index (χ1) is 7.56. The smallest absolute Gasteiger partial charge is 0.0389 e. The molecule has 0 aliphatic carbocycles. The summed E-state index contributed by atoms with van der Waals surface area (Å²) in [7, 11) is 0. The molecule has 0 heterocycles. The Bertz CT molecular complexity index is 313. The second-order valence-corrected chi connectivity index (χ2v) is 4.65.